The van der Waals surface area contributed by atoms with Gasteiger partial charge in [-0.1, -0.05) is 27.2 Å². The molecule has 1 atom stereocenters. The number of fused-ring (bicyclic) bond motifs is 1. The molecule has 0 radical (unpaired) electrons. The average Bonchev–Trinajstić information content (AvgIpc) is 2.65. The van der Waals surface area contributed by atoms with E-state index in [1.807, 2.05) is 45.0 Å². The van der Waals surface area contributed by atoms with Crippen LogP contribution in [-0.2, 0) is 6.54 Å². The molecule has 27 heavy (non-hydrogen) atoms. The molecule has 0 saturated carbocycles. The number of aromatic nitrogens is 1. The smallest absolute Gasteiger partial charge is 0.297 e. The molecule has 148 valence electrons. The van der Waals surface area contributed by atoms with Crippen LogP contribution in [0.5, 0.6) is 11.5 Å². The van der Waals surface area contributed by atoms with E-state index in [2.05, 4.69) is 13.8 Å². The van der Waals surface area contributed by atoms with Gasteiger partial charge in [-0.25, -0.2) is 0 Å². The Hall–Kier alpha value is -2.43. The highest BCUT2D eigenvalue weighted by atomic mass is 16.5. The zero-order valence-electron chi connectivity index (χ0n) is 17.2. The van der Waals surface area contributed by atoms with Gasteiger partial charge in [0.05, 0.1) is 17.9 Å². The van der Waals surface area contributed by atoms with Crippen molar-refractivity contribution in [2.24, 2.45) is 5.92 Å². The van der Waals surface area contributed by atoms with Crippen molar-refractivity contribution in [3.05, 3.63) is 40.4 Å². The molecule has 1 aromatic heterocycles. The fourth-order valence-electron chi connectivity index (χ4n) is 3.23. The zero-order valence-corrected chi connectivity index (χ0v) is 17.2. The third-order valence-corrected chi connectivity index (χ3v) is 4.72. The molecule has 0 aliphatic rings. The van der Waals surface area contributed by atoms with Crippen molar-refractivity contribution in [1.82, 2.24) is 4.57 Å². The molecule has 5 nitrogen and oxygen atoms in total. The molecule has 5 heteroatoms. The molecular formula is C22H32N2O3. The second-order valence-corrected chi connectivity index (χ2v) is 6.90. The monoisotopic (exact) mass is 372 g/mol. The minimum Gasteiger partial charge on any atom is -0.485 e. The highest BCUT2D eigenvalue weighted by molar-refractivity contribution is 5.90. The summed E-state index contributed by atoms with van der Waals surface area (Å²) in [6.45, 7) is 11.2. The summed E-state index contributed by atoms with van der Waals surface area (Å²) >= 11 is 0. The first kappa shape index (κ1) is 20.9. The van der Waals surface area contributed by atoms with Gasteiger partial charge >= 0.3 is 0 Å². The molecule has 0 aliphatic heterocycles. The van der Waals surface area contributed by atoms with Crippen molar-refractivity contribution in [2.75, 3.05) is 12.3 Å². The van der Waals surface area contributed by atoms with Crippen LogP contribution in [0.2, 0.25) is 0 Å². The lowest BCUT2D eigenvalue weighted by Gasteiger charge is -2.20. The summed E-state index contributed by atoms with van der Waals surface area (Å²) in [6, 6.07) is 5.54. The standard InChI is InChI=1S/C22H32N2O3/c1-6-10-15(5)14-26-21-20(27-17(7-2)8-3)18-12-11-16(23)13-19(18)24(9-4)22(21)25/h7,11-13,15H,6,8-10,14,23H2,1-5H3. The molecule has 2 N–H and O–H groups in total. The molecule has 1 aromatic carbocycles. The molecule has 0 aliphatic carbocycles. The van der Waals surface area contributed by atoms with E-state index in [4.69, 9.17) is 15.2 Å². The minimum absolute atomic E-state index is 0.180. The number of nitrogens with two attached hydrogens (primary N) is 1. The first-order chi connectivity index (χ1) is 13.0. The van der Waals surface area contributed by atoms with Gasteiger partial charge in [0.15, 0.2) is 5.75 Å². The van der Waals surface area contributed by atoms with Gasteiger partial charge in [0.25, 0.3) is 5.56 Å². The lowest BCUT2D eigenvalue weighted by atomic mass is 10.1. The van der Waals surface area contributed by atoms with Crippen LogP contribution in [0.3, 0.4) is 0 Å². The van der Waals surface area contributed by atoms with Crippen molar-refractivity contribution in [1.29, 1.82) is 0 Å². The van der Waals surface area contributed by atoms with Gasteiger partial charge in [0.1, 0.15) is 0 Å². The quantitative estimate of drug-likeness (QED) is 0.490. The molecule has 0 fully saturated rings. The lowest BCUT2D eigenvalue weighted by molar-refractivity contribution is 0.237. The number of nitrogen functional groups attached to an aromatic ring is 1. The number of ether oxygens (including phenoxy) is 2. The average molecular weight is 373 g/mol. The topological polar surface area (TPSA) is 66.5 Å². The van der Waals surface area contributed by atoms with Crippen LogP contribution in [0.4, 0.5) is 5.69 Å². The van der Waals surface area contributed by atoms with Gasteiger partial charge in [0.2, 0.25) is 5.75 Å². The molecule has 1 unspecified atom stereocenters. The van der Waals surface area contributed by atoms with Crippen molar-refractivity contribution < 1.29 is 9.47 Å². The van der Waals surface area contributed by atoms with Gasteiger partial charge in [-0.15, -0.1) is 0 Å². The maximum Gasteiger partial charge on any atom is 0.297 e. The summed E-state index contributed by atoms with van der Waals surface area (Å²) in [5, 5.41) is 0.830. The summed E-state index contributed by atoms with van der Waals surface area (Å²) in [5.41, 5.74) is 7.17. The molecule has 2 aromatic rings. The van der Waals surface area contributed by atoms with Crippen LogP contribution < -0.4 is 20.8 Å². The number of benzene rings is 1. The van der Waals surface area contributed by atoms with Gasteiger partial charge in [-0.2, -0.15) is 0 Å². The highest BCUT2D eigenvalue weighted by Gasteiger charge is 2.21. The Morgan fingerprint density at radius 1 is 1.26 bits per heavy atom. The maximum absolute atomic E-state index is 13.2. The zero-order chi connectivity index (χ0) is 20.0. The van der Waals surface area contributed by atoms with Crippen LogP contribution in [-0.4, -0.2) is 11.2 Å². The van der Waals surface area contributed by atoms with E-state index >= 15 is 0 Å². The van der Waals surface area contributed by atoms with E-state index in [0.29, 0.717) is 30.5 Å². The van der Waals surface area contributed by atoms with Crippen LogP contribution in [0.25, 0.3) is 10.9 Å². The maximum atomic E-state index is 13.2. The van der Waals surface area contributed by atoms with Crippen LogP contribution in [0, 0.1) is 5.92 Å². The predicted molar refractivity (Wildman–Crippen MR) is 113 cm³/mol. The van der Waals surface area contributed by atoms with Crippen molar-refractivity contribution in [3.63, 3.8) is 0 Å². The first-order valence-electron chi connectivity index (χ1n) is 9.88. The summed E-state index contributed by atoms with van der Waals surface area (Å²) in [7, 11) is 0. The van der Waals surface area contributed by atoms with Crippen molar-refractivity contribution in [2.45, 2.75) is 60.4 Å². The molecule has 0 spiro atoms. The number of nitrogens with zero attached hydrogens (tertiary/aromatic N) is 1. The summed E-state index contributed by atoms with van der Waals surface area (Å²) < 4.78 is 13.9. The lowest BCUT2D eigenvalue weighted by Crippen LogP contribution is -2.24. The van der Waals surface area contributed by atoms with Crippen molar-refractivity contribution >= 4 is 16.6 Å². The SMILES string of the molecule is CC=C(CC)Oc1c(OCC(C)CCC)c(=O)n(CC)c2cc(N)ccc12. The predicted octanol–water partition coefficient (Wildman–Crippen LogP) is 5.11. The molecule has 0 bridgehead atoms. The van der Waals surface area contributed by atoms with E-state index in [9.17, 15) is 4.79 Å². The van der Waals surface area contributed by atoms with Crippen molar-refractivity contribution in [3.8, 4) is 11.5 Å². The Morgan fingerprint density at radius 3 is 2.59 bits per heavy atom. The normalized spacial score (nSPS) is 13.0. The Bertz CT molecular complexity index is 868. The first-order valence-corrected chi connectivity index (χ1v) is 9.88. The van der Waals surface area contributed by atoms with E-state index < -0.39 is 0 Å². The third kappa shape index (κ3) is 4.65. The number of anilines is 1. The van der Waals surface area contributed by atoms with E-state index in [-0.39, 0.29) is 11.3 Å². The Kier molecular flexibility index (Phi) is 7.34. The summed E-state index contributed by atoms with van der Waals surface area (Å²) in [4.78, 5) is 13.2. The molecular weight excluding hydrogens is 340 g/mol. The number of pyridine rings is 1. The number of aryl methyl sites for hydroxylation is 1. The fourth-order valence-corrected chi connectivity index (χ4v) is 3.23. The van der Waals surface area contributed by atoms with Gasteiger partial charge in [-0.05, 0) is 50.5 Å². The van der Waals surface area contributed by atoms with Crippen LogP contribution in [0.15, 0.2) is 34.8 Å². The largest absolute Gasteiger partial charge is 0.485 e. The summed E-state index contributed by atoms with van der Waals surface area (Å²) in [6.07, 6.45) is 4.79. The molecule has 2 rings (SSSR count). The van der Waals surface area contributed by atoms with E-state index in [1.54, 1.807) is 4.57 Å². The number of hydrogen-bond donors (Lipinski definition) is 1. The Labute approximate surface area is 161 Å². The number of rotatable bonds is 9. The second-order valence-electron chi connectivity index (χ2n) is 6.90. The summed E-state index contributed by atoms with van der Waals surface area (Å²) in [5.74, 6) is 1.93. The molecule has 0 amide bonds. The molecule has 0 saturated heterocycles. The third-order valence-electron chi connectivity index (χ3n) is 4.72. The number of allylic oxidation sites excluding steroid dienone is 2. The second kappa shape index (κ2) is 9.49. The minimum atomic E-state index is -0.180. The molecule has 1 heterocycles. The Balaban J connectivity index is 2.67. The van der Waals surface area contributed by atoms with Crippen LogP contribution in [0.1, 0.15) is 53.9 Å². The van der Waals surface area contributed by atoms with E-state index in [1.165, 1.54) is 0 Å². The number of hydrogen-bond acceptors (Lipinski definition) is 4. The Morgan fingerprint density at radius 2 is 2.00 bits per heavy atom. The van der Waals surface area contributed by atoms with Gasteiger partial charge in [-0.3, -0.25) is 4.79 Å². The van der Waals surface area contributed by atoms with Gasteiger partial charge in [0, 0.05) is 24.0 Å². The highest BCUT2D eigenvalue weighted by Crippen LogP contribution is 2.35. The van der Waals surface area contributed by atoms with Crippen LogP contribution >= 0.6 is 0 Å². The van der Waals surface area contributed by atoms with E-state index in [0.717, 1.165) is 35.9 Å². The van der Waals surface area contributed by atoms with Gasteiger partial charge < -0.3 is 19.8 Å². The fraction of sp³-hybridized carbons (Fsp3) is 0.500.